The number of aromatic nitrogens is 3. The first-order valence-electron chi connectivity index (χ1n) is 11.8. The molecule has 1 aromatic heterocycles. The van der Waals surface area contributed by atoms with Gasteiger partial charge in [0.25, 0.3) is 5.91 Å². The monoisotopic (exact) mass is 476 g/mol. The predicted molar refractivity (Wildman–Crippen MR) is 134 cm³/mol. The average Bonchev–Trinajstić information content (AvgIpc) is 3.23. The Hall–Kier alpha value is -3.72. The lowest BCUT2D eigenvalue weighted by Gasteiger charge is -2.27. The SMILES string of the molecule is COc1ccc(-n2nnc(C(=O)N3CCN(C)CCCN(C(C)=O)c4ccccc4C3)c2C)cc1. The highest BCUT2D eigenvalue weighted by Gasteiger charge is 2.26. The van der Waals surface area contributed by atoms with E-state index in [-0.39, 0.29) is 11.8 Å². The van der Waals surface area contributed by atoms with Gasteiger partial charge in [-0.15, -0.1) is 5.10 Å². The quantitative estimate of drug-likeness (QED) is 0.578. The summed E-state index contributed by atoms with van der Waals surface area (Å²) in [6.07, 6.45) is 0.855. The van der Waals surface area contributed by atoms with Crippen molar-refractivity contribution in [1.29, 1.82) is 0 Å². The minimum atomic E-state index is -0.181. The van der Waals surface area contributed by atoms with Crippen LogP contribution in [0.5, 0.6) is 5.75 Å². The van der Waals surface area contributed by atoms with Gasteiger partial charge in [-0.2, -0.15) is 0 Å². The summed E-state index contributed by atoms with van der Waals surface area (Å²) < 4.78 is 6.90. The highest BCUT2D eigenvalue weighted by molar-refractivity contribution is 5.94. The molecule has 1 aliphatic rings. The highest BCUT2D eigenvalue weighted by atomic mass is 16.5. The van der Waals surface area contributed by atoms with Crippen LogP contribution in [0.15, 0.2) is 48.5 Å². The lowest BCUT2D eigenvalue weighted by Crippen LogP contribution is -2.38. The van der Waals surface area contributed by atoms with Crippen LogP contribution in [0.2, 0.25) is 0 Å². The molecule has 0 atom stereocenters. The lowest BCUT2D eigenvalue weighted by atomic mass is 10.1. The molecule has 0 radical (unpaired) electrons. The number of carbonyl (C=O) groups is 2. The van der Waals surface area contributed by atoms with Gasteiger partial charge < -0.3 is 19.4 Å². The van der Waals surface area contributed by atoms with Crippen molar-refractivity contribution < 1.29 is 14.3 Å². The minimum absolute atomic E-state index is 0.00416. The molecule has 0 fully saturated rings. The summed E-state index contributed by atoms with van der Waals surface area (Å²) in [6.45, 7) is 6.55. The summed E-state index contributed by atoms with van der Waals surface area (Å²) in [7, 11) is 3.66. The number of methoxy groups -OCH3 is 1. The molecule has 184 valence electrons. The number of likely N-dealkylation sites (N-methyl/N-ethyl adjacent to an activating group) is 1. The van der Waals surface area contributed by atoms with Gasteiger partial charge in [0.15, 0.2) is 5.69 Å². The summed E-state index contributed by atoms with van der Waals surface area (Å²) >= 11 is 0. The first kappa shape index (κ1) is 24.4. The second kappa shape index (κ2) is 10.7. The van der Waals surface area contributed by atoms with Gasteiger partial charge in [0.05, 0.1) is 18.5 Å². The van der Waals surface area contributed by atoms with Gasteiger partial charge in [-0.3, -0.25) is 9.59 Å². The molecule has 0 spiro atoms. The Morgan fingerprint density at radius 1 is 0.971 bits per heavy atom. The minimum Gasteiger partial charge on any atom is -0.497 e. The molecule has 0 unspecified atom stereocenters. The molecule has 2 amide bonds. The van der Waals surface area contributed by atoms with Crippen molar-refractivity contribution in [1.82, 2.24) is 24.8 Å². The van der Waals surface area contributed by atoms with Gasteiger partial charge in [-0.1, -0.05) is 23.4 Å². The molecule has 1 aliphatic heterocycles. The fraction of sp³-hybridized carbons (Fsp3) is 0.385. The summed E-state index contributed by atoms with van der Waals surface area (Å²) in [6, 6.07) is 15.3. The Morgan fingerprint density at radius 3 is 2.43 bits per heavy atom. The van der Waals surface area contributed by atoms with Gasteiger partial charge in [0.2, 0.25) is 5.91 Å². The van der Waals surface area contributed by atoms with E-state index in [4.69, 9.17) is 4.74 Å². The maximum Gasteiger partial charge on any atom is 0.276 e. The molecule has 35 heavy (non-hydrogen) atoms. The van der Waals surface area contributed by atoms with Gasteiger partial charge >= 0.3 is 0 Å². The van der Waals surface area contributed by atoms with E-state index < -0.39 is 0 Å². The second-order valence-electron chi connectivity index (χ2n) is 8.82. The molecular formula is C26H32N6O3. The normalized spacial score (nSPS) is 15.3. The van der Waals surface area contributed by atoms with Crippen LogP contribution in [-0.4, -0.2) is 76.9 Å². The Kier molecular flexibility index (Phi) is 7.45. The molecule has 4 rings (SSSR count). The maximum absolute atomic E-state index is 13.7. The molecule has 0 bridgehead atoms. The number of nitrogens with zero attached hydrogens (tertiary/aromatic N) is 6. The Balaban J connectivity index is 1.67. The van der Waals surface area contributed by atoms with Gasteiger partial charge in [-0.25, -0.2) is 4.68 Å². The molecule has 3 aromatic rings. The third-order valence-electron chi connectivity index (χ3n) is 6.40. The van der Waals surface area contributed by atoms with Crippen LogP contribution in [-0.2, 0) is 11.3 Å². The molecule has 0 N–H and O–H groups in total. The van der Waals surface area contributed by atoms with Crippen molar-refractivity contribution in [3.8, 4) is 11.4 Å². The van der Waals surface area contributed by atoms with Crippen molar-refractivity contribution in [2.45, 2.75) is 26.8 Å². The van der Waals surface area contributed by atoms with Crippen molar-refractivity contribution in [3.05, 3.63) is 65.5 Å². The number of fused-ring (bicyclic) bond motifs is 1. The van der Waals surface area contributed by atoms with Crippen LogP contribution in [0.3, 0.4) is 0 Å². The Labute approximate surface area is 205 Å². The summed E-state index contributed by atoms with van der Waals surface area (Å²) in [4.78, 5) is 32.0. The molecule has 0 saturated carbocycles. The van der Waals surface area contributed by atoms with E-state index in [1.165, 1.54) is 0 Å². The number of benzene rings is 2. The van der Waals surface area contributed by atoms with Crippen LogP contribution in [0.25, 0.3) is 5.69 Å². The molecule has 0 saturated heterocycles. The fourth-order valence-corrected chi connectivity index (χ4v) is 4.36. The number of hydrogen-bond donors (Lipinski definition) is 0. The number of hydrogen-bond acceptors (Lipinski definition) is 6. The number of anilines is 1. The van der Waals surface area contributed by atoms with E-state index >= 15 is 0 Å². The molecule has 2 heterocycles. The lowest BCUT2D eigenvalue weighted by molar-refractivity contribution is -0.116. The smallest absolute Gasteiger partial charge is 0.276 e. The average molecular weight is 477 g/mol. The first-order valence-corrected chi connectivity index (χ1v) is 11.8. The number of ether oxygens (including phenoxy) is 1. The van der Waals surface area contributed by atoms with Crippen molar-refractivity contribution in [2.24, 2.45) is 0 Å². The van der Waals surface area contributed by atoms with Crippen LogP contribution in [0.1, 0.15) is 35.1 Å². The zero-order valence-corrected chi connectivity index (χ0v) is 20.8. The molecule has 9 heteroatoms. The van der Waals surface area contributed by atoms with Gasteiger partial charge in [0.1, 0.15) is 5.75 Å². The van der Waals surface area contributed by atoms with Crippen molar-refractivity contribution in [2.75, 3.05) is 45.2 Å². The van der Waals surface area contributed by atoms with E-state index in [2.05, 4.69) is 15.2 Å². The summed E-state index contributed by atoms with van der Waals surface area (Å²) in [5.74, 6) is 0.559. The standard InChI is InChI=1S/C26H32N6O3/c1-19-25(27-28-32(19)22-10-12-23(35-4)13-11-22)26(34)30-17-16-29(3)14-7-15-31(20(2)33)24-9-6-5-8-21(24)18-30/h5-6,8-13H,7,14-18H2,1-4H3. The number of para-hydroxylation sites is 1. The summed E-state index contributed by atoms with van der Waals surface area (Å²) in [5.41, 5.74) is 3.57. The number of rotatable bonds is 3. The molecular weight excluding hydrogens is 444 g/mol. The van der Waals surface area contributed by atoms with Crippen LogP contribution < -0.4 is 9.64 Å². The predicted octanol–water partition coefficient (Wildman–Crippen LogP) is 2.92. The largest absolute Gasteiger partial charge is 0.497 e. The van der Waals surface area contributed by atoms with Crippen LogP contribution in [0.4, 0.5) is 5.69 Å². The topological polar surface area (TPSA) is 83.8 Å². The zero-order chi connectivity index (χ0) is 24.9. The van der Waals surface area contributed by atoms with E-state index in [1.54, 1.807) is 23.6 Å². The van der Waals surface area contributed by atoms with E-state index in [0.29, 0.717) is 31.0 Å². The fourth-order valence-electron chi connectivity index (χ4n) is 4.36. The van der Waals surface area contributed by atoms with Gasteiger partial charge in [0, 0.05) is 38.8 Å². The highest BCUT2D eigenvalue weighted by Crippen LogP contribution is 2.25. The number of carbonyl (C=O) groups excluding carboxylic acids is 2. The number of amides is 2. The molecule has 2 aromatic carbocycles. The van der Waals surface area contributed by atoms with E-state index in [9.17, 15) is 9.59 Å². The van der Waals surface area contributed by atoms with Crippen molar-refractivity contribution >= 4 is 17.5 Å². The second-order valence-corrected chi connectivity index (χ2v) is 8.82. The van der Waals surface area contributed by atoms with Crippen LogP contribution >= 0.6 is 0 Å². The van der Waals surface area contributed by atoms with Crippen molar-refractivity contribution in [3.63, 3.8) is 0 Å². The first-order chi connectivity index (χ1) is 16.9. The third kappa shape index (κ3) is 5.35. The third-order valence-corrected chi connectivity index (χ3v) is 6.40. The van der Waals surface area contributed by atoms with Crippen LogP contribution in [0, 0.1) is 6.92 Å². The zero-order valence-electron chi connectivity index (χ0n) is 20.8. The maximum atomic E-state index is 13.7. The molecule has 9 nitrogen and oxygen atoms in total. The van der Waals surface area contributed by atoms with E-state index in [1.807, 2.05) is 67.4 Å². The van der Waals surface area contributed by atoms with E-state index in [0.717, 1.165) is 42.2 Å². The molecule has 0 aliphatic carbocycles. The Morgan fingerprint density at radius 2 is 1.71 bits per heavy atom. The van der Waals surface area contributed by atoms with Gasteiger partial charge in [-0.05, 0) is 62.8 Å². The summed E-state index contributed by atoms with van der Waals surface area (Å²) in [5, 5.41) is 8.51. The Bertz CT molecular complexity index is 1190.